The lowest BCUT2D eigenvalue weighted by Crippen LogP contribution is -2.45. The molecule has 102 valence electrons. The van der Waals surface area contributed by atoms with Crippen molar-refractivity contribution in [1.29, 1.82) is 0 Å². The van der Waals surface area contributed by atoms with E-state index < -0.39 is 11.2 Å². The Morgan fingerprint density at radius 1 is 1.32 bits per heavy atom. The maximum Gasteiger partial charge on any atom is 0.155 e. The minimum absolute atomic E-state index is 0.674. The number of hydrogen-bond acceptors (Lipinski definition) is 5. The smallest absolute Gasteiger partial charge is 0.155 e. The molecule has 2 aromatic rings. The summed E-state index contributed by atoms with van der Waals surface area (Å²) in [6, 6.07) is 5.61. The van der Waals surface area contributed by atoms with E-state index in [2.05, 4.69) is 25.6 Å². The van der Waals surface area contributed by atoms with Gasteiger partial charge >= 0.3 is 0 Å². The number of nitrogens with zero attached hydrogens (tertiary/aromatic N) is 3. The number of nitrogens with one attached hydrogen (secondary N) is 2. The first-order valence-corrected chi connectivity index (χ1v) is 7.77. The second kappa shape index (κ2) is 5.87. The quantitative estimate of drug-likeness (QED) is 0.768. The average Bonchev–Trinajstić information content (AvgIpc) is 2.93. The third kappa shape index (κ3) is 3.06. The summed E-state index contributed by atoms with van der Waals surface area (Å²) in [5.41, 5.74) is 1.65. The fraction of sp³-hybridized carbons (Fsp3) is 0.500. The Kier molecular flexibility index (Phi) is 3.97. The van der Waals surface area contributed by atoms with Crippen molar-refractivity contribution in [2.45, 2.75) is 4.90 Å². The fourth-order valence-electron chi connectivity index (χ4n) is 2.23. The van der Waals surface area contributed by atoms with E-state index in [1.165, 1.54) is 0 Å². The summed E-state index contributed by atoms with van der Waals surface area (Å²) in [4.78, 5) is 3.19. The molecule has 3 rings (SSSR count). The molecule has 1 atom stereocenters. The molecule has 19 heavy (non-hydrogen) atoms. The van der Waals surface area contributed by atoms with Crippen molar-refractivity contribution in [3.05, 3.63) is 18.2 Å². The zero-order valence-corrected chi connectivity index (χ0v) is 11.4. The maximum atomic E-state index is 12.3. The number of piperazine rings is 1. The Hall–Kier alpha value is -1.15. The normalized spacial score (nSPS) is 18.8. The van der Waals surface area contributed by atoms with E-state index in [1.54, 1.807) is 0 Å². The summed E-state index contributed by atoms with van der Waals surface area (Å²) in [6.45, 7) is 5.02. The van der Waals surface area contributed by atoms with Crippen LogP contribution in [0.3, 0.4) is 0 Å². The number of benzene rings is 1. The van der Waals surface area contributed by atoms with Crippen LogP contribution in [0, 0.1) is 0 Å². The molecule has 1 aromatic carbocycles. The van der Waals surface area contributed by atoms with Gasteiger partial charge < -0.3 is 9.87 Å². The number of rotatable bonds is 4. The molecular formula is C12H17N5OS. The Morgan fingerprint density at radius 2 is 2.16 bits per heavy atom. The van der Waals surface area contributed by atoms with Crippen LogP contribution in [-0.2, 0) is 11.2 Å². The molecule has 0 radical (unpaired) electrons. The Balaban J connectivity index is 1.60. The second-order valence-corrected chi connectivity index (χ2v) is 6.20. The molecule has 6 nitrogen and oxygen atoms in total. The number of hydrogen-bond donors (Lipinski definition) is 2. The minimum Gasteiger partial charge on any atom is -0.611 e. The van der Waals surface area contributed by atoms with Gasteiger partial charge in [-0.3, -0.25) is 10.00 Å². The van der Waals surface area contributed by atoms with E-state index in [0.717, 1.165) is 48.7 Å². The molecule has 0 saturated carbocycles. The van der Waals surface area contributed by atoms with Gasteiger partial charge in [0.15, 0.2) is 4.90 Å². The molecule has 0 bridgehead atoms. The fourth-order valence-corrected chi connectivity index (χ4v) is 3.36. The molecule has 7 heteroatoms. The zero-order chi connectivity index (χ0) is 13.1. The molecular weight excluding hydrogens is 262 g/mol. The van der Waals surface area contributed by atoms with Crippen molar-refractivity contribution >= 4 is 22.2 Å². The van der Waals surface area contributed by atoms with Gasteiger partial charge in [-0.2, -0.15) is 0 Å². The first kappa shape index (κ1) is 12.9. The van der Waals surface area contributed by atoms with E-state index in [4.69, 9.17) is 0 Å². The van der Waals surface area contributed by atoms with Gasteiger partial charge in [0.1, 0.15) is 11.3 Å². The molecule has 2 heterocycles. The lowest BCUT2D eigenvalue weighted by Gasteiger charge is -2.27. The van der Waals surface area contributed by atoms with Crippen molar-refractivity contribution in [2.75, 3.05) is 38.5 Å². The van der Waals surface area contributed by atoms with Crippen molar-refractivity contribution in [2.24, 2.45) is 0 Å². The van der Waals surface area contributed by atoms with Crippen LogP contribution in [0.4, 0.5) is 0 Å². The molecule has 0 unspecified atom stereocenters. The highest BCUT2D eigenvalue weighted by atomic mass is 32.2. The number of fused-ring (bicyclic) bond motifs is 1. The molecule has 0 amide bonds. The van der Waals surface area contributed by atoms with Gasteiger partial charge in [-0.15, -0.1) is 5.10 Å². The lowest BCUT2D eigenvalue weighted by molar-refractivity contribution is 0.254. The van der Waals surface area contributed by atoms with Crippen molar-refractivity contribution in [3.8, 4) is 0 Å². The summed E-state index contributed by atoms with van der Waals surface area (Å²) in [5.74, 6) is 0.674. The third-order valence-corrected chi connectivity index (χ3v) is 4.69. The van der Waals surface area contributed by atoms with E-state index in [9.17, 15) is 4.55 Å². The first-order valence-electron chi connectivity index (χ1n) is 6.45. The highest BCUT2D eigenvalue weighted by Gasteiger charge is 2.16. The summed E-state index contributed by atoms with van der Waals surface area (Å²) < 4.78 is 12.3. The van der Waals surface area contributed by atoms with E-state index >= 15 is 0 Å². The highest BCUT2D eigenvalue weighted by molar-refractivity contribution is 7.91. The first-order chi connectivity index (χ1) is 9.33. The van der Waals surface area contributed by atoms with Gasteiger partial charge in [0.05, 0.1) is 5.52 Å². The predicted molar refractivity (Wildman–Crippen MR) is 74.5 cm³/mol. The van der Waals surface area contributed by atoms with Gasteiger partial charge in [-0.1, -0.05) is 5.21 Å². The summed E-state index contributed by atoms with van der Waals surface area (Å²) >= 11 is -0.963. The molecule has 0 spiro atoms. The predicted octanol–water partition coefficient (Wildman–Crippen LogP) is -0.0293. The topological polar surface area (TPSA) is 79.9 Å². The monoisotopic (exact) mass is 279 g/mol. The largest absolute Gasteiger partial charge is 0.611 e. The van der Waals surface area contributed by atoms with Crippen LogP contribution in [-0.4, -0.2) is 63.3 Å². The lowest BCUT2D eigenvalue weighted by atomic mass is 10.3. The summed E-state index contributed by atoms with van der Waals surface area (Å²) in [5, 5.41) is 13.8. The van der Waals surface area contributed by atoms with E-state index in [0.29, 0.717) is 5.75 Å². The van der Waals surface area contributed by atoms with Crippen LogP contribution in [0.2, 0.25) is 0 Å². The van der Waals surface area contributed by atoms with E-state index in [-0.39, 0.29) is 0 Å². The zero-order valence-electron chi connectivity index (χ0n) is 10.6. The molecule has 1 fully saturated rings. The number of aromatic nitrogens is 3. The average molecular weight is 279 g/mol. The number of H-pyrrole nitrogens is 1. The number of aromatic amines is 1. The minimum atomic E-state index is -0.963. The van der Waals surface area contributed by atoms with Crippen LogP contribution < -0.4 is 5.32 Å². The van der Waals surface area contributed by atoms with Crippen LogP contribution >= 0.6 is 0 Å². The molecule has 1 aromatic heterocycles. The Labute approximate surface area is 114 Å². The Morgan fingerprint density at radius 3 is 3.00 bits per heavy atom. The van der Waals surface area contributed by atoms with Gasteiger partial charge in [-0.25, -0.2) is 0 Å². The molecule has 2 N–H and O–H groups in total. The molecule has 0 aliphatic carbocycles. The molecule has 1 aliphatic rings. The van der Waals surface area contributed by atoms with Crippen molar-refractivity contribution in [1.82, 2.24) is 25.6 Å². The van der Waals surface area contributed by atoms with Gasteiger partial charge in [0, 0.05) is 38.8 Å². The SMILES string of the molecule is [O-][S@+](CCN1CCNCC1)c1ccc2nn[nH]c2c1. The van der Waals surface area contributed by atoms with Crippen LogP contribution in [0.15, 0.2) is 23.1 Å². The van der Waals surface area contributed by atoms with Crippen LogP contribution in [0.1, 0.15) is 0 Å². The molecule has 1 aliphatic heterocycles. The van der Waals surface area contributed by atoms with Crippen LogP contribution in [0.25, 0.3) is 11.0 Å². The van der Waals surface area contributed by atoms with E-state index in [1.807, 2.05) is 18.2 Å². The van der Waals surface area contributed by atoms with Crippen LogP contribution in [0.5, 0.6) is 0 Å². The third-order valence-electron chi connectivity index (χ3n) is 3.36. The van der Waals surface area contributed by atoms with Crippen molar-refractivity contribution < 1.29 is 4.55 Å². The van der Waals surface area contributed by atoms with Gasteiger partial charge in [0.25, 0.3) is 0 Å². The van der Waals surface area contributed by atoms with Gasteiger partial charge in [-0.05, 0) is 23.3 Å². The maximum absolute atomic E-state index is 12.3. The second-order valence-electron chi connectivity index (χ2n) is 4.63. The van der Waals surface area contributed by atoms with Gasteiger partial charge in [0.2, 0.25) is 0 Å². The highest BCUT2D eigenvalue weighted by Crippen LogP contribution is 2.16. The standard InChI is InChI=1S/C12H17N5OS/c18-19(8-7-17-5-3-13-4-6-17)10-1-2-11-12(9-10)15-16-14-11/h1-2,9,13H,3-8H2,(H,14,15,16)/t19-/m1/s1. The summed E-state index contributed by atoms with van der Waals surface area (Å²) in [7, 11) is 0. The Bertz CT molecular complexity index is 540. The summed E-state index contributed by atoms with van der Waals surface area (Å²) in [6.07, 6.45) is 0. The molecule has 1 saturated heterocycles. The van der Waals surface area contributed by atoms with Crippen molar-refractivity contribution in [3.63, 3.8) is 0 Å².